The van der Waals surface area contributed by atoms with Gasteiger partial charge in [0.25, 0.3) is 6.47 Å². The molecule has 0 heterocycles. The minimum atomic E-state index is -0.675. The van der Waals surface area contributed by atoms with Gasteiger partial charge in [0.15, 0.2) is 0 Å². The number of aromatic hydroxyl groups is 2. The van der Waals surface area contributed by atoms with Crippen LogP contribution >= 0.6 is 0 Å². The molecule has 6 nitrogen and oxygen atoms in total. The van der Waals surface area contributed by atoms with Crippen LogP contribution in [0.5, 0.6) is 11.5 Å². The summed E-state index contributed by atoms with van der Waals surface area (Å²) in [4.78, 5) is 21.7. The molecule has 0 bridgehead atoms. The van der Waals surface area contributed by atoms with E-state index in [9.17, 15) is 24.9 Å². The van der Waals surface area contributed by atoms with E-state index < -0.39 is 11.4 Å². The fourth-order valence-electron chi connectivity index (χ4n) is 4.22. The van der Waals surface area contributed by atoms with Gasteiger partial charge in [0.2, 0.25) is 0 Å². The van der Waals surface area contributed by atoms with Crippen LogP contribution in [0, 0.1) is 5.41 Å². The summed E-state index contributed by atoms with van der Waals surface area (Å²) in [5, 5.41) is 29.9. The van der Waals surface area contributed by atoms with E-state index in [1.54, 1.807) is 12.1 Å². The van der Waals surface area contributed by atoms with Crippen LogP contribution < -0.4 is 0 Å². The van der Waals surface area contributed by atoms with Crippen molar-refractivity contribution in [3.05, 3.63) is 23.3 Å². The third-order valence-corrected chi connectivity index (χ3v) is 6.67. The van der Waals surface area contributed by atoms with Gasteiger partial charge in [0.05, 0.1) is 5.41 Å². The molecule has 0 amide bonds. The summed E-state index contributed by atoms with van der Waals surface area (Å²) in [6.07, 6.45) is 10.7. The third-order valence-electron chi connectivity index (χ3n) is 6.67. The number of ether oxygens (including phenoxy) is 1. The monoisotopic (exact) mass is 404 g/mol. The molecule has 6 heteroatoms. The van der Waals surface area contributed by atoms with Crippen molar-refractivity contribution in [2.45, 2.75) is 89.1 Å². The Morgan fingerprint density at radius 3 is 2.28 bits per heavy atom. The lowest BCUT2D eigenvalue weighted by Gasteiger charge is -2.14. The van der Waals surface area contributed by atoms with Crippen LogP contribution in [-0.2, 0) is 27.2 Å². The molecule has 0 radical (unpaired) electrons. The van der Waals surface area contributed by atoms with Crippen LogP contribution in [-0.4, -0.2) is 33.4 Å². The highest BCUT2D eigenvalue weighted by atomic mass is 16.5. The predicted octanol–water partition coefficient (Wildman–Crippen LogP) is 4.48. The molecular formula is C23H32O6. The molecule has 0 saturated heterocycles. The van der Waals surface area contributed by atoms with Crippen molar-refractivity contribution < 1.29 is 29.6 Å². The molecule has 1 aromatic carbocycles. The summed E-state index contributed by atoms with van der Waals surface area (Å²) in [6, 6.07) is 3.42. The number of aliphatic carboxylic acids is 1. The van der Waals surface area contributed by atoms with Crippen molar-refractivity contribution in [1.82, 2.24) is 0 Å². The molecule has 0 spiro atoms. The smallest absolute Gasteiger partial charge is 0.309 e. The number of carbonyl (C=O) groups excluding carboxylic acids is 1. The van der Waals surface area contributed by atoms with E-state index in [-0.39, 0.29) is 17.1 Å². The van der Waals surface area contributed by atoms with Crippen LogP contribution in [0.4, 0.5) is 0 Å². The molecule has 2 aliphatic rings. The topological polar surface area (TPSA) is 104 Å². The Balaban J connectivity index is 1.42. The molecule has 0 atom stereocenters. The summed E-state index contributed by atoms with van der Waals surface area (Å²) < 4.78 is 5.16. The van der Waals surface area contributed by atoms with E-state index in [2.05, 4.69) is 0 Å². The number of phenols is 2. The van der Waals surface area contributed by atoms with Crippen molar-refractivity contribution in [1.29, 1.82) is 0 Å². The van der Waals surface area contributed by atoms with Gasteiger partial charge in [-0.15, -0.1) is 0 Å². The Morgan fingerprint density at radius 2 is 1.66 bits per heavy atom. The molecule has 1 aromatic rings. The van der Waals surface area contributed by atoms with Gasteiger partial charge in [-0.2, -0.15) is 0 Å². The number of aryl methyl sites for hydroxylation is 1. The Hall–Kier alpha value is -2.24. The van der Waals surface area contributed by atoms with Gasteiger partial charge in [-0.25, -0.2) is 0 Å². The molecule has 29 heavy (non-hydrogen) atoms. The van der Waals surface area contributed by atoms with Crippen molar-refractivity contribution in [3.63, 3.8) is 0 Å². The first kappa shape index (κ1) is 21.5. The van der Waals surface area contributed by atoms with Crippen LogP contribution in [0.3, 0.4) is 0 Å². The summed E-state index contributed by atoms with van der Waals surface area (Å²) in [7, 11) is 0. The summed E-state index contributed by atoms with van der Waals surface area (Å²) in [5.41, 5.74) is 0.718. The van der Waals surface area contributed by atoms with Gasteiger partial charge in [0.1, 0.15) is 17.1 Å². The number of phenolic OH excluding ortho intramolecular Hbond substituents is 2. The van der Waals surface area contributed by atoms with Gasteiger partial charge >= 0.3 is 5.97 Å². The molecule has 0 aliphatic heterocycles. The largest absolute Gasteiger partial charge is 0.508 e. The third kappa shape index (κ3) is 5.43. The number of carboxylic acid groups (broad SMARTS) is 1. The van der Waals surface area contributed by atoms with E-state index in [0.29, 0.717) is 18.5 Å². The minimum absolute atomic E-state index is 0.117. The Bertz CT molecular complexity index is 733. The number of carboxylic acids is 1. The Kier molecular flexibility index (Phi) is 6.70. The van der Waals surface area contributed by atoms with E-state index >= 15 is 0 Å². The number of hydrogen-bond donors (Lipinski definition) is 3. The van der Waals surface area contributed by atoms with E-state index in [4.69, 9.17) is 4.74 Å². The lowest BCUT2D eigenvalue weighted by Crippen LogP contribution is -2.14. The maximum absolute atomic E-state index is 11.2. The maximum atomic E-state index is 11.2. The van der Waals surface area contributed by atoms with Crippen LogP contribution in [0.2, 0.25) is 0 Å². The van der Waals surface area contributed by atoms with Crippen molar-refractivity contribution in [2.75, 3.05) is 0 Å². The number of carbonyl (C=O) groups is 2. The average molecular weight is 405 g/mol. The zero-order valence-corrected chi connectivity index (χ0v) is 17.0. The van der Waals surface area contributed by atoms with Crippen molar-refractivity contribution in [2.24, 2.45) is 5.41 Å². The molecule has 2 saturated carbocycles. The molecular weight excluding hydrogens is 372 g/mol. The van der Waals surface area contributed by atoms with Crippen LogP contribution in [0.1, 0.15) is 81.8 Å². The highest BCUT2D eigenvalue weighted by molar-refractivity contribution is 5.77. The molecule has 2 fully saturated rings. The first-order valence-electron chi connectivity index (χ1n) is 10.8. The number of hydrogen-bond acceptors (Lipinski definition) is 5. The van der Waals surface area contributed by atoms with Gasteiger partial charge in [-0.05, 0) is 82.3 Å². The normalized spacial score (nSPS) is 18.2. The van der Waals surface area contributed by atoms with Gasteiger partial charge in [-0.3, -0.25) is 9.59 Å². The SMILES string of the molecule is O=COC1(CCCCc2ccc(O)c(CCCCCC3(C(=O)O)CC3)c2O)CC1. The number of unbranched alkanes of at least 4 members (excludes halogenated alkanes) is 3. The van der Waals surface area contributed by atoms with Crippen molar-refractivity contribution >= 4 is 12.4 Å². The van der Waals surface area contributed by atoms with Crippen LogP contribution in [0.15, 0.2) is 12.1 Å². The zero-order valence-electron chi connectivity index (χ0n) is 17.0. The molecule has 160 valence electrons. The van der Waals surface area contributed by atoms with E-state index in [0.717, 1.165) is 82.6 Å². The highest BCUT2D eigenvalue weighted by Gasteiger charge is 2.49. The Morgan fingerprint density at radius 1 is 0.966 bits per heavy atom. The van der Waals surface area contributed by atoms with E-state index in [1.807, 2.05) is 0 Å². The fourth-order valence-corrected chi connectivity index (χ4v) is 4.22. The standard InChI is InChI=1S/C23H32O6/c24-16-29-23(14-15-23)11-5-3-6-17-8-9-19(25)18(20(17)26)7-2-1-4-10-22(12-13-22)21(27)28/h8-9,16,25-26H,1-7,10-15H2,(H,27,28). The lowest BCUT2D eigenvalue weighted by atomic mass is 9.95. The van der Waals surface area contributed by atoms with Crippen LogP contribution in [0.25, 0.3) is 0 Å². The maximum Gasteiger partial charge on any atom is 0.309 e. The van der Waals surface area contributed by atoms with E-state index in [1.165, 1.54) is 0 Å². The average Bonchev–Trinajstić information content (AvgIpc) is 3.60. The second-order valence-corrected chi connectivity index (χ2v) is 8.82. The quantitative estimate of drug-likeness (QED) is 0.312. The van der Waals surface area contributed by atoms with Gasteiger partial charge in [-0.1, -0.05) is 18.9 Å². The predicted molar refractivity (Wildman–Crippen MR) is 108 cm³/mol. The molecule has 3 rings (SSSR count). The molecule has 0 aromatic heterocycles. The van der Waals surface area contributed by atoms with Crippen molar-refractivity contribution in [3.8, 4) is 11.5 Å². The lowest BCUT2D eigenvalue weighted by molar-refractivity contribution is -0.143. The second-order valence-electron chi connectivity index (χ2n) is 8.82. The first-order chi connectivity index (χ1) is 13.9. The van der Waals surface area contributed by atoms with Gasteiger partial charge in [0, 0.05) is 5.56 Å². The number of rotatable bonds is 14. The summed E-state index contributed by atoms with van der Waals surface area (Å²) >= 11 is 0. The first-order valence-corrected chi connectivity index (χ1v) is 10.8. The highest BCUT2D eigenvalue weighted by Crippen LogP contribution is 2.50. The molecule has 2 aliphatic carbocycles. The Labute approximate surface area is 171 Å². The zero-order chi connectivity index (χ0) is 20.9. The molecule has 0 unspecified atom stereocenters. The fraction of sp³-hybridized carbons (Fsp3) is 0.652. The summed E-state index contributed by atoms with van der Waals surface area (Å²) in [6.45, 7) is 0.539. The van der Waals surface area contributed by atoms with Gasteiger partial charge < -0.3 is 20.1 Å². The summed E-state index contributed by atoms with van der Waals surface area (Å²) in [5.74, 6) is -0.378. The number of benzene rings is 1. The molecule has 3 N–H and O–H groups in total. The minimum Gasteiger partial charge on any atom is -0.508 e. The second kappa shape index (κ2) is 9.06.